The Labute approximate surface area is 85.2 Å². The summed E-state index contributed by atoms with van der Waals surface area (Å²) in [4.78, 5) is 13.3. The van der Waals surface area contributed by atoms with Crippen LogP contribution >= 0.6 is 0 Å². The molecule has 0 aromatic carbocycles. The maximum atomic E-state index is 11.5. The maximum absolute atomic E-state index is 11.5. The van der Waals surface area contributed by atoms with Gasteiger partial charge in [-0.3, -0.25) is 4.79 Å². The van der Waals surface area contributed by atoms with Crippen molar-refractivity contribution in [2.45, 2.75) is 25.9 Å². The van der Waals surface area contributed by atoms with Gasteiger partial charge in [-0.15, -0.1) is 0 Å². The molecule has 0 aromatic heterocycles. The summed E-state index contributed by atoms with van der Waals surface area (Å²) in [5.74, 6) is 0.0666. The number of carbonyl (C=O) groups is 1. The van der Waals surface area contributed by atoms with Crippen molar-refractivity contribution in [1.82, 2.24) is 4.90 Å². The van der Waals surface area contributed by atoms with E-state index >= 15 is 0 Å². The largest absolute Gasteiger partial charge is 0.377 e. The van der Waals surface area contributed by atoms with E-state index in [9.17, 15) is 4.79 Å². The number of carbonyl (C=O) groups excluding carboxylic acids is 1. The van der Waals surface area contributed by atoms with Gasteiger partial charge in [0.25, 0.3) is 0 Å². The predicted octanol–water partition coefficient (Wildman–Crippen LogP) is 0.660. The third-order valence-electron chi connectivity index (χ3n) is 2.40. The van der Waals surface area contributed by atoms with E-state index in [0.717, 1.165) is 32.5 Å². The van der Waals surface area contributed by atoms with Crippen molar-refractivity contribution >= 4 is 5.91 Å². The minimum Gasteiger partial charge on any atom is -0.377 e. The first-order valence-electron chi connectivity index (χ1n) is 5.16. The summed E-state index contributed by atoms with van der Waals surface area (Å²) in [6, 6.07) is 0. The molecule has 1 unspecified atom stereocenters. The third-order valence-corrected chi connectivity index (χ3v) is 2.40. The van der Waals surface area contributed by atoms with E-state index in [-0.39, 0.29) is 18.6 Å². The lowest BCUT2D eigenvalue weighted by Crippen LogP contribution is -2.44. The van der Waals surface area contributed by atoms with Crippen LogP contribution in [0.4, 0.5) is 0 Å². The van der Waals surface area contributed by atoms with E-state index in [1.54, 1.807) is 7.11 Å². The second kappa shape index (κ2) is 5.98. The van der Waals surface area contributed by atoms with Crippen LogP contribution in [-0.2, 0) is 14.3 Å². The highest BCUT2D eigenvalue weighted by atomic mass is 16.5. The summed E-state index contributed by atoms with van der Waals surface area (Å²) in [5.41, 5.74) is 0. The van der Waals surface area contributed by atoms with E-state index in [1.165, 1.54) is 0 Å². The lowest BCUT2D eigenvalue weighted by Gasteiger charge is -2.32. The Bertz CT molecular complexity index is 182. The highest BCUT2D eigenvalue weighted by Gasteiger charge is 2.23. The molecular weight excluding hydrogens is 182 g/mol. The zero-order valence-electron chi connectivity index (χ0n) is 8.99. The van der Waals surface area contributed by atoms with Gasteiger partial charge in [0.1, 0.15) is 6.61 Å². The summed E-state index contributed by atoms with van der Waals surface area (Å²) in [5, 5.41) is 0. The van der Waals surface area contributed by atoms with Crippen molar-refractivity contribution in [2.75, 3.05) is 33.4 Å². The molecule has 0 aliphatic carbocycles. The number of methoxy groups -OCH3 is 1. The Morgan fingerprint density at radius 3 is 3.00 bits per heavy atom. The summed E-state index contributed by atoms with van der Waals surface area (Å²) in [6.07, 6.45) is 2.31. The van der Waals surface area contributed by atoms with Crippen LogP contribution in [0.1, 0.15) is 19.8 Å². The maximum Gasteiger partial charge on any atom is 0.248 e. The number of piperidine rings is 1. The van der Waals surface area contributed by atoms with Crippen LogP contribution in [-0.4, -0.2) is 50.3 Å². The van der Waals surface area contributed by atoms with Gasteiger partial charge < -0.3 is 14.4 Å². The fourth-order valence-electron chi connectivity index (χ4n) is 1.75. The van der Waals surface area contributed by atoms with Gasteiger partial charge in [0, 0.05) is 26.8 Å². The molecule has 4 nitrogen and oxygen atoms in total. The first-order chi connectivity index (χ1) is 6.77. The van der Waals surface area contributed by atoms with Gasteiger partial charge in [0.2, 0.25) is 5.91 Å². The normalized spacial score (nSPS) is 22.4. The number of ether oxygens (including phenoxy) is 2. The Hall–Kier alpha value is -0.610. The number of amides is 1. The molecular formula is C10H19NO3. The SMILES string of the molecule is CCOC1CCCN(C(=O)COC)C1. The van der Waals surface area contributed by atoms with E-state index in [2.05, 4.69) is 0 Å². The molecule has 1 atom stereocenters. The molecule has 1 saturated heterocycles. The summed E-state index contributed by atoms with van der Waals surface area (Å²) in [6.45, 7) is 4.44. The zero-order valence-corrected chi connectivity index (χ0v) is 8.99. The van der Waals surface area contributed by atoms with Gasteiger partial charge >= 0.3 is 0 Å². The van der Waals surface area contributed by atoms with Crippen molar-refractivity contribution in [1.29, 1.82) is 0 Å². The monoisotopic (exact) mass is 201 g/mol. The molecule has 14 heavy (non-hydrogen) atoms. The van der Waals surface area contributed by atoms with E-state index in [0.29, 0.717) is 0 Å². The standard InChI is InChI=1S/C10H19NO3/c1-3-14-9-5-4-6-11(7-9)10(12)8-13-2/h9H,3-8H2,1-2H3. The summed E-state index contributed by atoms with van der Waals surface area (Å²) >= 11 is 0. The number of rotatable bonds is 4. The molecule has 1 heterocycles. The van der Waals surface area contributed by atoms with Gasteiger partial charge in [0.05, 0.1) is 6.10 Å². The van der Waals surface area contributed by atoms with Crippen LogP contribution in [0.2, 0.25) is 0 Å². The molecule has 1 aliphatic rings. The Kier molecular flexibility index (Phi) is 4.90. The smallest absolute Gasteiger partial charge is 0.248 e. The number of likely N-dealkylation sites (tertiary alicyclic amines) is 1. The molecule has 1 aliphatic heterocycles. The fourth-order valence-corrected chi connectivity index (χ4v) is 1.75. The molecule has 0 saturated carbocycles. The zero-order chi connectivity index (χ0) is 10.4. The lowest BCUT2D eigenvalue weighted by atomic mass is 10.1. The van der Waals surface area contributed by atoms with Crippen molar-refractivity contribution in [2.24, 2.45) is 0 Å². The molecule has 0 bridgehead atoms. The molecule has 1 fully saturated rings. The Balaban J connectivity index is 2.35. The Morgan fingerprint density at radius 1 is 1.57 bits per heavy atom. The second-order valence-electron chi connectivity index (χ2n) is 3.49. The topological polar surface area (TPSA) is 38.8 Å². The van der Waals surface area contributed by atoms with Crippen LogP contribution in [0.3, 0.4) is 0 Å². The van der Waals surface area contributed by atoms with Crippen molar-refractivity contribution in [3.05, 3.63) is 0 Å². The number of hydrogen-bond donors (Lipinski definition) is 0. The molecule has 0 aromatic rings. The molecule has 82 valence electrons. The van der Waals surface area contributed by atoms with Crippen molar-refractivity contribution in [3.8, 4) is 0 Å². The Morgan fingerprint density at radius 2 is 2.36 bits per heavy atom. The molecule has 0 radical (unpaired) electrons. The van der Waals surface area contributed by atoms with Crippen molar-refractivity contribution in [3.63, 3.8) is 0 Å². The van der Waals surface area contributed by atoms with Crippen LogP contribution in [0.15, 0.2) is 0 Å². The van der Waals surface area contributed by atoms with Gasteiger partial charge in [-0.25, -0.2) is 0 Å². The average molecular weight is 201 g/mol. The minimum atomic E-state index is 0.0666. The van der Waals surface area contributed by atoms with Crippen LogP contribution < -0.4 is 0 Å². The van der Waals surface area contributed by atoms with E-state index in [1.807, 2.05) is 11.8 Å². The van der Waals surface area contributed by atoms with Crippen LogP contribution in [0.5, 0.6) is 0 Å². The number of nitrogens with zero attached hydrogens (tertiary/aromatic N) is 1. The summed E-state index contributed by atoms with van der Waals surface area (Å²) < 4.78 is 10.3. The summed E-state index contributed by atoms with van der Waals surface area (Å²) in [7, 11) is 1.54. The van der Waals surface area contributed by atoms with Gasteiger partial charge in [0.15, 0.2) is 0 Å². The minimum absolute atomic E-state index is 0.0666. The van der Waals surface area contributed by atoms with Crippen molar-refractivity contribution < 1.29 is 14.3 Å². The fraction of sp³-hybridized carbons (Fsp3) is 0.900. The highest BCUT2D eigenvalue weighted by Crippen LogP contribution is 2.13. The van der Waals surface area contributed by atoms with Gasteiger partial charge in [-0.2, -0.15) is 0 Å². The first kappa shape index (κ1) is 11.5. The molecule has 4 heteroatoms. The van der Waals surface area contributed by atoms with Gasteiger partial charge in [-0.05, 0) is 19.8 Å². The van der Waals surface area contributed by atoms with E-state index < -0.39 is 0 Å². The quantitative estimate of drug-likeness (QED) is 0.670. The molecule has 1 amide bonds. The van der Waals surface area contributed by atoms with Crippen LogP contribution in [0, 0.1) is 0 Å². The lowest BCUT2D eigenvalue weighted by molar-refractivity contribution is -0.139. The molecule has 0 N–H and O–H groups in total. The highest BCUT2D eigenvalue weighted by molar-refractivity contribution is 5.77. The first-order valence-corrected chi connectivity index (χ1v) is 5.16. The average Bonchev–Trinajstić information content (AvgIpc) is 2.19. The third kappa shape index (κ3) is 3.27. The number of hydrogen-bond acceptors (Lipinski definition) is 3. The van der Waals surface area contributed by atoms with Crippen LogP contribution in [0.25, 0.3) is 0 Å². The second-order valence-corrected chi connectivity index (χ2v) is 3.49. The van der Waals surface area contributed by atoms with Gasteiger partial charge in [-0.1, -0.05) is 0 Å². The molecule has 0 spiro atoms. The van der Waals surface area contributed by atoms with E-state index in [4.69, 9.17) is 9.47 Å². The molecule has 1 rings (SSSR count). The predicted molar refractivity (Wildman–Crippen MR) is 53.1 cm³/mol.